The Balaban J connectivity index is 2.07. The van der Waals surface area contributed by atoms with Crippen molar-refractivity contribution in [2.24, 2.45) is 0 Å². The van der Waals surface area contributed by atoms with E-state index in [1.807, 2.05) is 36.5 Å². The van der Waals surface area contributed by atoms with Gasteiger partial charge in [0.2, 0.25) is 0 Å². The molecule has 2 rings (SSSR count). The molecule has 1 aromatic rings. The van der Waals surface area contributed by atoms with Crippen LogP contribution < -0.4 is 0 Å². The van der Waals surface area contributed by atoms with Crippen molar-refractivity contribution in [2.75, 3.05) is 13.1 Å². The lowest BCUT2D eigenvalue weighted by molar-refractivity contribution is -0.0161. The molecule has 0 saturated carbocycles. The van der Waals surface area contributed by atoms with Crippen LogP contribution in [0.1, 0.15) is 18.4 Å². The summed E-state index contributed by atoms with van der Waals surface area (Å²) in [6.45, 7) is 5.46. The highest BCUT2D eigenvalue weighted by Crippen LogP contribution is 2.32. The third-order valence-electron chi connectivity index (χ3n) is 3.25. The van der Waals surface area contributed by atoms with Crippen LogP contribution in [0.3, 0.4) is 0 Å². The van der Waals surface area contributed by atoms with E-state index >= 15 is 0 Å². The molecule has 85 valence electrons. The summed E-state index contributed by atoms with van der Waals surface area (Å²) < 4.78 is 0. The molecule has 2 nitrogen and oxygen atoms in total. The van der Waals surface area contributed by atoms with Crippen molar-refractivity contribution < 1.29 is 5.11 Å². The van der Waals surface area contributed by atoms with E-state index in [4.69, 9.17) is 0 Å². The van der Waals surface area contributed by atoms with Crippen molar-refractivity contribution in [1.29, 1.82) is 0 Å². The summed E-state index contributed by atoms with van der Waals surface area (Å²) in [6.07, 6.45) is 5.35. The first-order chi connectivity index (χ1) is 7.74. The van der Waals surface area contributed by atoms with E-state index in [0.717, 1.165) is 31.5 Å². The maximum atomic E-state index is 10.6. The molecule has 1 N–H and O–H groups in total. The van der Waals surface area contributed by atoms with E-state index in [1.54, 1.807) is 6.08 Å². The highest BCUT2D eigenvalue weighted by Gasteiger charge is 2.32. The molecule has 0 aliphatic carbocycles. The van der Waals surface area contributed by atoms with E-state index in [0.29, 0.717) is 0 Å². The molecule has 0 aromatic heterocycles. The van der Waals surface area contributed by atoms with Crippen LogP contribution in [0.4, 0.5) is 0 Å². The molecule has 0 spiro atoms. The van der Waals surface area contributed by atoms with Gasteiger partial charge in [-0.25, -0.2) is 0 Å². The van der Waals surface area contributed by atoms with E-state index < -0.39 is 5.60 Å². The fourth-order valence-electron chi connectivity index (χ4n) is 2.23. The van der Waals surface area contributed by atoms with Crippen LogP contribution in [0.5, 0.6) is 0 Å². The van der Waals surface area contributed by atoms with Gasteiger partial charge in [-0.2, -0.15) is 0 Å². The predicted octanol–water partition coefficient (Wildman–Crippen LogP) is 2.32. The topological polar surface area (TPSA) is 23.5 Å². The van der Waals surface area contributed by atoms with Gasteiger partial charge in [-0.05, 0) is 31.5 Å². The smallest absolute Gasteiger partial charge is 0.0930 e. The molecule has 1 aromatic carbocycles. The SMILES string of the molecule is [CH2]/C=C/N1CCC(O)(c2ccccc2)CC1. The molecule has 0 amide bonds. The lowest BCUT2D eigenvalue weighted by atomic mass is 9.84. The monoisotopic (exact) mass is 216 g/mol. The maximum absolute atomic E-state index is 10.6. The average Bonchev–Trinajstić information content (AvgIpc) is 2.34. The van der Waals surface area contributed by atoms with Crippen molar-refractivity contribution in [3.63, 3.8) is 0 Å². The first-order valence-electron chi connectivity index (χ1n) is 5.72. The molecule has 1 fully saturated rings. The fraction of sp³-hybridized carbons (Fsp3) is 0.357. The number of allylic oxidation sites excluding steroid dienone is 1. The minimum atomic E-state index is -0.646. The summed E-state index contributed by atoms with van der Waals surface area (Å²) in [4.78, 5) is 2.20. The van der Waals surface area contributed by atoms with Gasteiger partial charge in [0.25, 0.3) is 0 Å². The van der Waals surface area contributed by atoms with Crippen LogP contribution in [0, 0.1) is 6.92 Å². The minimum absolute atomic E-state index is 0.646. The quantitative estimate of drug-likeness (QED) is 0.820. The number of nitrogens with zero attached hydrogens (tertiary/aromatic N) is 1. The molecule has 1 radical (unpaired) electrons. The summed E-state index contributed by atoms with van der Waals surface area (Å²) in [5.74, 6) is 0. The third-order valence-corrected chi connectivity index (χ3v) is 3.25. The van der Waals surface area contributed by atoms with Crippen LogP contribution in [-0.2, 0) is 5.60 Å². The van der Waals surface area contributed by atoms with Gasteiger partial charge in [0.05, 0.1) is 5.60 Å². The van der Waals surface area contributed by atoms with Gasteiger partial charge in [-0.15, -0.1) is 0 Å². The van der Waals surface area contributed by atoms with Crippen molar-refractivity contribution in [3.05, 3.63) is 55.1 Å². The first-order valence-corrected chi connectivity index (χ1v) is 5.72. The lowest BCUT2D eigenvalue weighted by Gasteiger charge is -2.38. The largest absolute Gasteiger partial charge is 0.385 e. The summed E-state index contributed by atoms with van der Waals surface area (Å²) in [7, 11) is 0. The van der Waals surface area contributed by atoms with Crippen LogP contribution in [0.15, 0.2) is 42.6 Å². The van der Waals surface area contributed by atoms with Gasteiger partial charge in [0.15, 0.2) is 0 Å². The normalized spacial score (nSPS) is 20.2. The number of aliphatic hydroxyl groups is 1. The minimum Gasteiger partial charge on any atom is -0.385 e. The Hall–Kier alpha value is -1.28. The van der Waals surface area contributed by atoms with Crippen molar-refractivity contribution in [3.8, 4) is 0 Å². The predicted molar refractivity (Wildman–Crippen MR) is 65.6 cm³/mol. The Morgan fingerprint density at radius 3 is 2.38 bits per heavy atom. The number of hydrogen-bond donors (Lipinski definition) is 1. The van der Waals surface area contributed by atoms with Gasteiger partial charge >= 0.3 is 0 Å². The second kappa shape index (κ2) is 4.71. The molecule has 2 heteroatoms. The molecule has 0 bridgehead atoms. The Bertz CT molecular complexity index is 350. The Morgan fingerprint density at radius 2 is 1.81 bits per heavy atom. The Morgan fingerprint density at radius 1 is 1.19 bits per heavy atom. The average molecular weight is 216 g/mol. The standard InChI is InChI=1S/C14H18NO/c1-2-10-15-11-8-14(16,9-12-15)13-6-4-3-5-7-13/h2-7,10,16H,1,8-9,11-12H2/b10-2+. The third kappa shape index (κ3) is 2.27. The highest BCUT2D eigenvalue weighted by molar-refractivity contribution is 5.23. The zero-order valence-electron chi connectivity index (χ0n) is 9.47. The molecule has 0 atom stereocenters. The first kappa shape index (κ1) is 11.2. The number of rotatable bonds is 2. The summed E-state index contributed by atoms with van der Waals surface area (Å²) in [5.41, 5.74) is 0.389. The number of benzene rings is 1. The summed E-state index contributed by atoms with van der Waals surface area (Å²) >= 11 is 0. The Kier molecular flexibility index (Phi) is 3.30. The summed E-state index contributed by atoms with van der Waals surface area (Å²) in [6, 6.07) is 9.96. The highest BCUT2D eigenvalue weighted by atomic mass is 16.3. The number of hydrogen-bond acceptors (Lipinski definition) is 2. The van der Waals surface area contributed by atoms with Crippen LogP contribution >= 0.6 is 0 Å². The zero-order valence-corrected chi connectivity index (χ0v) is 9.47. The second-order valence-electron chi connectivity index (χ2n) is 4.32. The van der Waals surface area contributed by atoms with Crippen molar-refractivity contribution >= 4 is 0 Å². The molecule has 1 heterocycles. The fourth-order valence-corrected chi connectivity index (χ4v) is 2.23. The van der Waals surface area contributed by atoms with Gasteiger partial charge in [0, 0.05) is 13.1 Å². The molecule has 1 aliphatic heterocycles. The van der Waals surface area contributed by atoms with E-state index in [1.165, 1.54) is 0 Å². The van der Waals surface area contributed by atoms with Gasteiger partial charge in [-0.3, -0.25) is 0 Å². The van der Waals surface area contributed by atoms with Gasteiger partial charge in [0.1, 0.15) is 0 Å². The van der Waals surface area contributed by atoms with Crippen LogP contribution in [0.25, 0.3) is 0 Å². The van der Waals surface area contributed by atoms with E-state index in [2.05, 4.69) is 11.8 Å². The molecule has 1 aliphatic rings. The second-order valence-corrected chi connectivity index (χ2v) is 4.32. The molecule has 1 saturated heterocycles. The van der Waals surface area contributed by atoms with Gasteiger partial charge in [-0.1, -0.05) is 36.4 Å². The number of likely N-dealkylation sites (tertiary alicyclic amines) is 1. The van der Waals surface area contributed by atoms with Crippen LogP contribution in [0.2, 0.25) is 0 Å². The Labute approximate surface area is 97.2 Å². The number of piperidine rings is 1. The molecular formula is C14H18NO. The molecular weight excluding hydrogens is 198 g/mol. The summed E-state index contributed by atoms with van der Waals surface area (Å²) in [5, 5.41) is 10.6. The van der Waals surface area contributed by atoms with Gasteiger partial charge < -0.3 is 10.0 Å². The molecule has 16 heavy (non-hydrogen) atoms. The van der Waals surface area contributed by atoms with E-state index in [9.17, 15) is 5.11 Å². The van der Waals surface area contributed by atoms with Crippen LogP contribution in [-0.4, -0.2) is 23.1 Å². The zero-order chi connectivity index (χ0) is 11.4. The van der Waals surface area contributed by atoms with E-state index in [-0.39, 0.29) is 0 Å². The van der Waals surface area contributed by atoms with Crippen molar-refractivity contribution in [2.45, 2.75) is 18.4 Å². The molecule has 0 unspecified atom stereocenters. The maximum Gasteiger partial charge on any atom is 0.0930 e. The van der Waals surface area contributed by atoms with Crippen molar-refractivity contribution in [1.82, 2.24) is 4.90 Å². The lowest BCUT2D eigenvalue weighted by Crippen LogP contribution is -2.40.